The van der Waals surface area contributed by atoms with Crippen molar-refractivity contribution in [1.29, 1.82) is 0 Å². The van der Waals surface area contributed by atoms with E-state index in [9.17, 15) is 9.59 Å². The Hall–Kier alpha value is -2.96. The summed E-state index contributed by atoms with van der Waals surface area (Å²) in [6.07, 6.45) is 2.28. The van der Waals surface area contributed by atoms with Crippen LogP contribution in [0.4, 0.5) is 11.5 Å². The molecule has 26 heavy (non-hydrogen) atoms. The molecule has 0 bridgehead atoms. The Kier molecular flexibility index (Phi) is 5.46. The first-order chi connectivity index (χ1) is 12.5. The Morgan fingerprint density at radius 3 is 2.50 bits per heavy atom. The average molecular weight is 354 g/mol. The van der Waals surface area contributed by atoms with Gasteiger partial charge in [-0.05, 0) is 62.1 Å². The Labute approximate surface area is 152 Å². The van der Waals surface area contributed by atoms with Crippen LogP contribution in [-0.2, 0) is 9.53 Å². The van der Waals surface area contributed by atoms with E-state index in [1.54, 1.807) is 12.1 Å². The van der Waals surface area contributed by atoms with Gasteiger partial charge in [0.25, 0.3) is 5.91 Å². The van der Waals surface area contributed by atoms with E-state index in [0.29, 0.717) is 5.69 Å². The van der Waals surface area contributed by atoms with Crippen LogP contribution in [-0.4, -0.2) is 41.8 Å². The maximum absolute atomic E-state index is 12.0. The molecular formula is C19H22N4O3. The summed E-state index contributed by atoms with van der Waals surface area (Å²) < 4.78 is 5.01. The lowest BCUT2D eigenvalue weighted by molar-refractivity contribution is -0.119. The second-order valence-electron chi connectivity index (χ2n) is 6.39. The molecule has 1 aromatic carbocycles. The fourth-order valence-electron chi connectivity index (χ4n) is 2.77. The number of hydrogen-bond acceptors (Lipinski definition) is 6. The van der Waals surface area contributed by atoms with E-state index >= 15 is 0 Å². The second kappa shape index (κ2) is 7.95. The highest BCUT2D eigenvalue weighted by atomic mass is 16.5. The summed E-state index contributed by atoms with van der Waals surface area (Å²) in [6.45, 7) is 5.50. The van der Waals surface area contributed by atoms with Gasteiger partial charge in [-0.15, -0.1) is 10.2 Å². The van der Waals surface area contributed by atoms with Gasteiger partial charge < -0.3 is 15.0 Å². The fourth-order valence-corrected chi connectivity index (χ4v) is 2.77. The highest BCUT2D eigenvalue weighted by molar-refractivity contribution is 5.94. The van der Waals surface area contributed by atoms with Gasteiger partial charge in [0.05, 0.1) is 0 Å². The number of hydrogen-bond donors (Lipinski definition) is 1. The number of nitrogens with zero attached hydrogens (tertiary/aromatic N) is 3. The zero-order chi connectivity index (χ0) is 18.5. The van der Waals surface area contributed by atoms with Gasteiger partial charge in [0.1, 0.15) is 0 Å². The molecule has 1 saturated heterocycles. The summed E-state index contributed by atoms with van der Waals surface area (Å²) in [5, 5.41) is 10.7. The number of rotatable bonds is 5. The zero-order valence-corrected chi connectivity index (χ0v) is 15.0. The van der Waals surface area contributed by atoms with Crippen molar-refractivity contribution >= 4 is 23.4 Å². The van der Waals surface area contributed by atoms with Crippen molar-refractivity contribution in [2.24, 2.45) is 0 Å². The van der Waals surface area contributed by atoms with Gasteiger partial charge in [-0.2, -0.15) is 0 Å². The van der Waals surface area contributed by atoms with E-state index in [4.69, 9.17) is 4.74 Å². The molecule has 1 amide bonds. The Morgan fingerprint density at radius 2 is 1.85 bits per heavy atom. The van der Waals surface area contributed by atoms with Crippen LogP contribution in [0.15, 0.2) is 30.3 Å². The summed E-state index contributed by atoms with van der Waals surface area (Å²) >= 11 is 0. The van der Waals surface area contributed by atoms with Gasteiger partial charge in [-0.3, -0.25) is 4.79 Å². The van der Waals surface area contributed by atoms with Crippen molar-refractivity contribution in [1.82, 2.24) is 10.2 Å². The summed E-state index contributed by atoms with van der Waals surface area (Å²) in [7, 11) is 0. The SMILES string of the molecule is Cc1ccc(NC(=O)COC(=O)c2ccc(N3CCCC3)nn2)cc1C. The standard InChI is InChI=1S/C19H22N4O3/c1-13-5-6-15(11-14(13)2)20-18(24)12-26-19(25)16-7-8-17(22-21-16)23-9-3-4-10-23/h5-8,11H,3-4,9-10,12H2,1-2H3,(H,20,24). The number of carbonyl (C=O) groups excluding carboxylic acids is 2. The van der Waals surface area contributed by atoms with Crippen LogP contribution in [0, 0.1) is 13.8 Å². The van der Waals surface area contributed by atoms with Crippen LogP contribution in [0.3, 0.4) is 0 Å². The van der Waals surface area contributed by atoms with E-state index in [0.717, 1.165) is 42.9 Å². The molecule has 0 unspecified atom stereocenters. The number of nitrogens with one attached hydrogen (secondary N) is 1. The third kappa shape index (κ3) is 4.36. The van der Waals surface area contributed by atoms with Crippen molar-refractivity contribution in [2.45, 2.75) is 26.7 Å². The third-order valence-corrected chi connectivity index (χ3v) is 4.41. The molecule has 1 N–H and O–H groups in total. The minimum absolute atomic E-state index is 0.0897. The molecule has 1 aromatic heterocycles. The van der Waals surface area contributed by atoms with E-state index in [2.05, 4.69) is 20.4 Å². The van der Waals surface area contributed by atoms with E-state index in [1.807, 2.05) is 32.0 Å². The normalized spacial score (nSPS) is 13.5. The quantitative estimate of drug-likeness (QED) is 0.831. The van der Waals surface area contributed by atoms with Crippen molar-refractivity contribution < 1.29 is 14.3 Å². The van der Waals surface area contributed by atoms with Gasteiger partial charge in [0, 0.05) is 18.8 Å². The van der Waals surface area contributed by atoms with Crippen LogP contribution in [0.5, 0.6) is 0 Å². The van der Waals surface area contributed by atoms with Crippen LogP contribution in [0.25, 0.3) is 0 Å². The third-order valence-electron chi connectivity index (χ3n) is 4.41. The molecule has 7 heteroatoms. The van der Waals surface area contributed by atoms with Crippen LogP contribution in [0.2, 0.25) is 0 Å². The van der Waals surface area contributed by atoms with Gasteiger partial charge in [-0.1, -0.05) is 6.07 Å². The fraction of sp³-hybridized carbons (Fsp3) is 0.368. The molecule has 0 saturated carbocycles. The number of amides is 1. The molecule has 1 fully saturated rings. The van der Waals surface area contributed by atoms with Crippen LogP contribution >= 0.6 is 0 Å². The lowest BCUT2D eigenvalue weighted by Gasteiger charge is -2.15. The highest BCUT2D eigenvalue weighted by Crippen LogP contribution is 2.17. The lowest BCUT2D eigenvalue weighted by Crippen LogP contribution is -2.22. The minimum atomic E-state index is -0.666. The molecule has 0 aliphatic carbocycles. The molecule has 0 spiro atoms. The van der Waals surface area contributed by atoms with Gasteiger partial charge in [0.15, 0.2) is 18.1 Å². The number of anilines is 2. The Morgan fingerprint density at radius 1 is 1.08 bits per heavy atom. The number of aromatic nitrogens is 2. The largest absolute Gasteiger partial charge is 0.451 e. The predicted octanol–water partition coefficient (Wildman–Crippen LogP) is 2.49. The second-order valence-corrected chi connectivity index (χ2v) is 6.39. The van der Waals surface area contributed by atoms with E-state index < -0.39 is 11.9 Å². The van der Waals surface area contributed by atoms with Gasteiger partial charge in [0.2, 0.25) is 0 Å². The maximum Gasteiger partial charge on any atom is 0.359 e. The topological polar surface area (TPSA) is 84.4 Å². The Bertz CT molecular complexity index is 799. The summed E-state index contributed by atoms with van der Waals surface area (Å²) in [5.41, 5.74) is 2.98. The van der Waals surface area contributed by atoms with Crippen molar-refractivity contribution in [3.8, 4) is 0 Å². The van der Waals surface area contributed by atoms with Gasteiger partial charge in [-0.25, -0.2) is 4.79 Å². The number of carbonyl (C=O) groups is 2. The van der Waals surface area contributed by atoms with E-state index in [-0.39, 0.29) is 12.3 Å². The predicted molar refractivity (Wildman–Crippen MR) is 98.3 cm³/mol. The maximum atomic E-state index is 12.0. The molecule has 2 heterocycles. The number of aryl methyl sites for hydroxylation is 2. The Balaban J connectivity index is 1.51. The molecular weight excluding hydrogens is 332 g/mol. The zero-order valence-electron chi connectivity index (χ0n) is 15.0. The van der Waals surface area contributed by atoms with Crippen molar-refractivity contribution in [2.75, 3.05) is 29.9 Å². The molecule has 1 aliphatic heterocycles. The molecule has 2 aromatic rings. The molecule has 1 aliphatic rings. The van der Waals surface area contributed by atoms with Crippen LogP contribution < -0.4 is 10.2 Å². The smallest absolute Gasteiger partial charge is 0.359 e. The first-order valence-corrected chi connectivity index (χ1v) is 8.66. The number of benzene rings is 1. The first-order valence-electron chi connectivity index (χ1n) is 8.66. The molecule has 0 atom stereocenters. The van der Waals surface area contributed by atoms with Gasteiger partial charge >= 0.3 is 5.97 Å². The highest BCUT2D eigenvalue weighted by Gasteiger charge is 2.16. The summed E-state index contributed by atoms with van der Waals surface area (Å²) in [5.74, 6) is -0.310. The summed E-state index contributed by atoms with van der Waals surface area (Å²) in [6, 6.07) is 8.94. The van der Waals surface area contributed by atoms with Crippen molar-refractivity contribution in [3.05, 3.63) is 47.2 Å². The monoisotopic (exact) mass is 354 g/mol. The molecule has 0 radical (unpaired) electrons. The van der Waals surface area contributed by atoms with Crippen LogP contribution in [0.1, 0.15) is 34.5 Å². The molecule has 3 rings (SSSR count). The molecule has 7 nitrogen and oxygen atoms in total. The first kappa shape index (κ1) is 17.8. The van der Waals surface area contributed by atoms with E-state index in [1.165, 1.54) is 0 Å². The molecule has 136 valence electrons. The summed E-state index contributed by atoms with van der Waals surface area (Å²) in [4.78, 5) is 26.1. The number of esters is 1. The van der Waals surface area contributed by atoms with Crippen molar-refractivity contribution in [3.63, 3.8) is 0 Å². The minimum Gasteiger partial charge on any atom is -0.451 e. The average Bonchev–Trinajstić information content (AvgIpc) is 3.18. The number of ether oxygens (including phenoxy) is 1. The lowest BCUT2D eigenvalue weighted by atomic mass is 10.1.